The Balaban J connectivity index is 0.00000169. The number of pyridine rings is 1. The minimum atomic E-state index is -0.673. The standard InChI is InChI=1S/C18H22BNO4.ClH.H2O/c1-3-6-23-18-8-13(4-5-17(18)22-2)14-7-15(11-20-10-14)16-9-19(21)24-12-16;;/h4-5,7-8,10-11,16,21H,3,6,9,12H2,1-2H3;1H;1H2/t16-;;/m0../s1. The van der Waals surface area contributed by atoms with Crippen molar-refractivity contribution in [2.45, 2.75) is 25.6 Å². The molecule has 0 spiro atoms. The summed E-state index contributed by atoms with van der Waals surface area (Å²) in [6, 6.07) is 7.99. The summed E-state index contributed by atoms with van der Waals surface area (Å²) in [5, 5.41) is 9.55. The van der Waals surface area contributed by atoms with Gasteiger partial charge in [0.25, 0.3) is 0 Å². The van der Waals surface area contributed by atoms with E-state index in [1.165, 1.54) is 0 Å². The SMILES string of the molecule is CCCOc1cc(-c2cncc([C@@H]3COB(O)C3)c2)ccc1OC.Cl.O. The molecule has 1 aromatic heterocycles. The van der Waals surface area contributed by atoms with Crippen LogP contribution >= 0.6 is 12.4 Å². The number of benzene rings is 1. The van der Waals surface area contributed by atoms with E-state index in [2.05, 4.69) is 18.0 Å². The molecule has 0 amide bonds. The topological polar surface area (TPSA) is 92.3 Å². The molecule has 3 rings (SSSR count). The van der Waals surface area contributed by atoms with E-state index < -0.39 is 7.12 Å². The predicted molar refractivity (Wildman–Crippen MR) is 104 cm³/mol. The molecule has 1 fully saturated rings. The van der Waals surface area contributed by atoms with Gasteiger partial charge in [-0.3, -0.25) is 4.98 Å². The molecular formula is C18H25BClNO5. The molecule has 1 saturated heterocycles. The summed E-state index contributed by atoms with van der Waals surface area (Å²) in [6.45, 7) is 3.25. The number of nitrogens with zero attached hydrogens (tertiary/aromatic N) is 1. The van der Waals surface area contributed by atoms with E-state index in [0.717, 1.165) is 34.6 Å². The minimum absolute atomic E-state index is 0. The third-order valence-electron chi connectivity index (χ3n) is 4.17. The Morgan fingerprint density at radius 3 is 2.69 bits per heavy atom. The zero-order valence-electron chi connectivity index (χ0n) is 15.0. The van der Waals surface area contributed by atoms with Crippen LogP contribution in [0.5, 0.6) is 11.5 Å². The maximum atomic E-state index is 9.55. The van der Waals surface area contributed by atoms with Gasteiger partial charge in [0.05, 0.1) is 13.7 Å². The maximum absolute atomic E-state index is 9.55. The van der Waals surface area contributed by atoms with Gasteiger partial charge in [-0.1, -0.05) is 13.0 Å². The highest BCUT2D eigenvalue weighted by atomic mass is 35.5. The van der Waals surface area contributed by atoms with Gasteiger partial charge >= 0.3 is 7.12 Å². The summed E-state index contributed by atoms with van der Waals surface area (Å²) in [5.74, 6) is 1.65. The Morgan fingerprint density at radius 1 is 1.23 bits per heavy atom. The average Bonchev–Trinajstić information content (AvgIpc) is 3.06. The Morgan fingerprint density at radius 2 is 2.04 bits per heavy atom. The molecular weight excluding hydrogens is 356 g/mol. The van der Waals surface area contributed by atoms with Gasteiger partial charge in [-0.15, -0.1) is 12.4 Å². The van der Waals surface area contributed by atoms with Crippen LogP contribution in [-0.2, 0) is 4.65 Å². The van der Waals surface area contributed by atoms with E-state index in [4.69, 9.17) is 14.1 Å². The quantitative estimate of drug-likeness (QED) is 0.777. The Bertz CT molecular complexity index is 703. The van der Waals surface area contributed by atoms with Crippen LogP contribution in [0, 0.1) is 0 Å². The lowest BCUT2D eigenvalue weighted by Crippen LogP contribution is -2.07. The van der Waals surface area contributed by atoms with Gasteiger partial charge in [0, 0.05) is 30.5 Å². The molecule has 1 atom stereocenters. The second-order valence-corrected chi connectivity index (χ2v) is 5.94. The molecule has 1 aliphatic rings. The first-order valence-corrected chi connectivity index (χ1v) is 8.27. The van der Waals surface area contributed by atoms with Crippen LogP contribution in [0.3, 0.4) is 0 Å². The summed E-state index contributed by atoms with van der Waals surface area (Å²) >= 11 is 0. The Kier molecular flexibility index (Phi) is 8.88. The summed E-state index contributed by atoms with van der Waals surface area (Å²) in [6.07, 6.45) is 5.22. The van der Waals surface area contributed by atoms with Crippen molar-refractivity contribution in [2.24, 2.45) is 0 Å². The van der Waals surface area contributed by atoms with Crippen molar-refractivity contribution in [1.29, 1.82) is 0 Å². The zero-order chi connectivity index (χ0) is 16.9. The fourth-order valence-corrected chi connectivity index (χ4v) is 2.86. The molecule has 0 aliphatic carbocycles. The second-order valence-electron chi connectivity index (χ2n) is 5.94. The Hall–Kier alpha value is -1.80. The monoisotopic (exact) mass is 381 g/mol. The van der Waals surface area contributed by atoms with Crippen LogP contribution in [0.1, 0.15) is 24.8 Å². The van der Waals surface area contributed by atoms with Gasteiger partial charge in [0.15, 0.2) is 11.5 Å². The first-order chi connectivity index (χ1) is 11.7. The van der Waals surface area contributed by atoms with Crippen molar-refractivity contribution < 1.29 is 24.6 Å². The molecule has 1 aliphatic heterocycles. The van der Waals surface area contributed by atoms with Gasteiger partial charge in [-0.25, -0.2) is 0 Å². The lowest BCUT2D eigenvalue weighted by atomic mass is 9.80. The van der Waals surface area contributed by atoms with E-state index >= 15 is 0 Å². The van der Waals surface area contributed by atoms with Crippen molar-refractivity contribution in [3.63, 3.8) is 0 Å². The van der Waals surface area contributed by atoms with Gasteiger partial charge in [-0.05, 0) is 42.1 Å². The molecule has 0 saturated carbocycles. The number of ether oxygens (including phenoxy) is 2. The molecule has 0 bridgehead atoms. The third kappa shape index (κ3) is 5.11. The van der Waals surface area contributed by atoms with Crippen LogP contribution in [-0.4, -0.2) is 42.9 Å². The predicted octanol–water partition coefficient (Wildman–Crippen LogP) is 2.74. The van der Waals surface area contributed by atoms with Crippen LogP contribution in [0.4, 0.5) is 0 Å². The average molecular weight is 382 g/mol. The largest absolute Gasteiger partial charge is 0.493 e. The molecule has 142 valence electrons. The maximum Gasteiger partial charge on any atom is 0.454 e. The normalized spacial score (nSPS) is 15.8. The summed E-state index contributed by atoms with van der Waals surface area (Å²) in [4.78, 5) is 4.36. The number of hydrogen-bond acceptors (Lipinski definition) is 5. The van der Waals surface area contributed by atoms with E-state index in [9.17, 15) is 5.02 Å². The first kappa shape index (κ1) is 22.2. The molecule has 8 heteroatoms. The molecule has 6 nitrogen and oxygen atoms in total. The third-order valence-corrected chi connectivity index (χ3v) is 4.17. The smallest absolute Gasteiger partial charge is 0.454 e. The minimum Gasteiger partial charge on any atom is -0.493 e. The van der Waals surface area contributed by atoms with Crippen molar-refractivity contribution in [3.05, 3.63) is 42.2 Å². The number of methoxy groups -OCH3 is 1. The number of halogens is 1. The first-order valence-electron chi connectivity index (χ1n) is 8.27. The molecule has 26 heavy (non-hydrogen) atoms. The summed E-state index contributed by atoms with van der Waals surface area (Å²) in [5.41, 5.74) is 3.12. The molecule has 2 heterocycles. The number of rotatable bonds is 6. The fourth-order valence-electron chi connectivity index (χ4n) is 2.86. The molecule has 0 unspecified atom stereocenters. The Labute approximate surface area is 160 Å². The molecule has 1 aromatic carbocycles. The van der Waals surface area contributed by atoms with E-state index in [1.807, 2.05) is 30.6 Å². The van der Waals surface area contributed by atoms with Crippen LogP contribution in [0.15, 0.2) is 36.7 Å². The van der Waals surface area contributed by atoms with Crippen molar-refractivity contribution in [1.82, 2.24) is 4.98 Å². The molecule has 3 N–H and O–H groups in total. The van der Waals surface area contributed by atoms with Crippen molar-refractivity contribution >= 4 is 19.5 Å². The number of hydrogen-bond donors (Lipinski definition) is 1. The zero-order valence-corrected chi connectivity index (χ0v) is 15.8. The highest BCUT2D eigenvalue weighted by molar-refractivity contribution is 6.43. The highest BCUT2D eigenvalue weighted by Gasteiger charge is 2.30. The van der Waals surface area contributed by atoms with Crippen molar-refractivity contribution in [3.8, 4) is 22.6 Å². The van der Waals surface area contributed by atoms with Crippen LogP contribution in [0.25, 0.3) is 11.1 Å². The van der Waals surface area contributed by atoms with E-state index in [1.54, 1.807) is 7.11 Å². The lowest BCUT2D eigenvalue weighted by molar-refractivity contribution is 0.292. The molecule has 0 radical (unpaired) electrons. The second kappa shape index (κ2) is 10.4. The van der Waals surface area contributed by atoms with Crippen LogP contribution in [0.2, 0.25) is 6.32 Å². The fraction of sp³-hybridized carbons (Fsp3) is 0.389. The van der Waals surface area contributed by atoms with E-state index in [0.29, 0.717) is 19.5 Å². The highest BCUT2D eigenvalue weighted by Crippen LogP contribution is 2.34. The van der Waals surface area contributed by atoms with Crippen LogP contribution < -0.4 is 9.47 Å². The van der Waals surface area contributed by atoms with Gasteiger partial charge < -0.3 is 24.6 Å². The van der Waals surface area contributed by atoms with Gasteiger partial charge in [0.2, 0.25) is 0 Å². The summed E-state index contributed by atoms with van der Waals surface area (Å²) in [7, 11) is 0.968. The summed E-state index contributed by atoms with van der Waals surface area (Å²) < 4.78 is 16.4. The molecule has 2 aromatic rings. The van der Waals surface area contributed by atoms with Gasteiger partial charge in [-0.2, -0.15) is 0 Å². The van der Waals surface area contributed by atoms with Gasteiger partial charge in [0.1, 0.15) is 0 Å². The number of aromatic nitrogens is 1. The lowest BCUT2D eigenvalue weighted by Gasteiger charge is -2.13. The van der Waals surface area contributed by atoms with E-state index in [-0.39, 0.29) is 23.8 Å². The van der Waals surface area contributed by atoms with Crippen molar-refractivity contribution in [2.75, 3.05) is 20.3 Å².